The number of imidazole rings is 1. The van der Waals surface area contributed by atoms with Gasteiger partial charge in [-0.25, -0.2) is 0 Å². The third-order valence-electron chi connectivity index (χ3n) is 3.10. The molecule has 3 atom stereocenters. The van der Waals surface area contributed by atoms with Crippen LogP contribution in [-0.4, -0.2) is 32.7 Å². The molecule has 1 N–H and O–H groups in total. The first-order valence-electron chi connectivity index (χ1n) is 5.28. The molecule has 0 radical (unpaired) electrons. The first kappa shape index (κ1) is 9.59. The highest BCUT2D eigenvalue weighted by Crippen LogP contribution is 2.29. The minimum absolute atomic E-state index is 0.0875. The Labute approximate surface area is 91.6 Å². The van der Waals surface area contributed by atoms with E-state index in [0.717, 1.165) is 6.42 Å². The largest absolute Gasteiger partial charge is 0.441 e. The fourth-order valence-corrected chi connectivity index (χ4v) is 2.40. The van der Waals surface area contributed by atoms with E-state index in [9.17, 15) is 10.1 Å². The van der Waals surface area contributed by atoms with Crippen LogP contribution in [0.15, 0.2) is 6.20 Å². The van der Waals surface area contributed by atoms with Gasteiger partial charge in [0.15, 0.2) is 0 Å². The van der Waals surface area contributed by atoms with Gasteiger partial charge >= 0.3 is 11.8 Å². The molecule has 86 valence electrons. The molecule has 2 aliphatic rings. The van der Waals surface area contributed by atoms with E-state index < -0.39 is 4.92 Å². The van der Waals surface area contributed by atoms with E-state index >= 15 is 0 Å². The first-order chi connectivity index (χ1) is 7.63. The zero-order chi connectivity index (χ0) is 11.3. The molecule has 3 rings (SSSR count). The molecule has 0 saturated carbocycles. The SMILES string of the molecule is CC1C[C@H]2Oc3nc([N+](=O)[O-])cn3C[C@@H]2N1. The van der Waals surface area contributed by atoms with Gasteiger partial charge in [0, 0.05) is 24.0 Å². The Morgan fingerprint density at radius 1 is 1.75 bits per heavy atom. The maximum Gasteiger partial charge on any atom is 0.414 e. The van der Waals surface area contributed by atoms with Gasteiger partial charge in [-0.1, -0.05) is 0 Å². The van der Waals surface area contributed by atoms with Crippen molar-refractivity contribution in [1.82, 2.24) is 14.9 Å². The molecule has 1 aromatic rings. The number of ether oxygens (including phenoxy) is 1. The lowest BCUT2D eigenvalue weighted by Gasteiger charge is -2.24. The summed E-state index contributed by atoms with van der Waals surface area (Å²) in [4.78, 5) is 13.9. The van der Waals surface area contributed by atoms with E-state index in [-0.39, 0.29) is 18.0 Å². The van der Waals surface area contributed by atoms with E-state index in [0.29, 0.717) is 18.6 Å². The highest BCUT2D eigenvalue weighted by molar-refractivity contribution is 5.22. The summed E-state index contributed by atoms with van der Waals surface area (Å²) in [5.41, 5.74) is 0. The molecule has 0 aromatic carbocycles. The molecule has 3 heterocycles. The number of nitrogens with one attached hydrogen (secondary N) is 1. The lowest BCUT2D eigenvalue weighted by Crippen LogP contribution is -2.42. The van der Waals surface area contributed by atoms with E-state index in [1.807, 2.05) is 0 Å². The molecule has 16 heavy (non-hydrogen) atoms. The monoisotopic (exact) mass is 224 g/mol. The second kappa shape index (κ2) is 3.18. The number of hydrogen-bond acceptors (Lipinski definition) is 5. The standard InChI is InChI=1S/C9H12N4O3/c1-5-2-7-6(10-5)3-12-4-8(13(14)15)11-9(12)16-7/h4-7,10H,2-3H2,1H3/t5?,6-,7+/m0/s1. The van der Waals surface area contributed by atoms with Crippen LogP contribution in [0.2, 0.25) is 0 Å². The van der Waals surface area contributed by atoms with Gasteiger partial charge in [-0.05, 0) is 11.8 Å². The molecule has 1 unspecified atom stereocenters. The molecule has 0 bridgehead atoms. The van der Waals surface area contributed by atoms with Crippen molar-refractivity contribution in [2.45, 2.75) is 38.1 Å². The van der Waals surface area contributed by atoms with E-state index in [4.69, 9.17) is 4.74 Å². The average Bonchev–Trinajstić information content (AvgIpc) is 2.74. The van der Waals surface area contributed by atoms with Gasteiger partial charge in [0.25, 0.3) is 0 Å². The fraction of sp³-hybridized carbons (Fsp3) is 0.667. The molecule has 0 aliphatic carbocycles. The third-order valence-corrected chi connectivity index (χ3v) is 3.10. The summed E-state index contributed by atoms with van der Waals surface area (Å²) in [6.07, 6.45) is 2.44. The van der Waals surface area contributed by atoms with Crippen LogP contribution in [0.25, 0.3) is 0 Å². The number of nitrogens with zero attached hydrogens (tertiary/aromatic N) is 3. The number of fused-ring (bicyclic) bond motifs is 2. The van der Waals surface area contributed by atoms with E-state index in [1.54, 1.807) is 4.57 Å². The van der Waals surface area contributed by atoms with Crippen LogP contribution >= 0.6 is 0 Å². The highest BCUT2D eigenvalue weighted by Gasteiger charge is 2.40. The van der Waals surface area contributed by atoms with Crippen LogP contribution in [0.3, 0.4) is 0 Å². The normalized spacial score (nSPS) is 31.7. The zero-order valence-electron chi connectivity index (χ0n) is 8.79. The third kappa shape index (κ3) is 1.35. The van der Waals surface area contributed by atoms with Crippen molar-refractivity contribution in [1.29, 1.82) is 0 Å². The topological polar surface area (TPSA) is 82.2 Å². The van der Waals surface area contributed by atoms with Gasteiger partial charge in [0.05, 0.1) is 6.04 Å². The number of rotatable bonds is 1. The van der Waals surface area contributed by atoms with Crippen LogP contribution < -0.4 is 10.1 Å². The Balaban J connectivity index is 1.89. The molecular weight excluding hydrogens is 212 g/mol. The maximum atomic E-state index is 10.6. The first-order valence-corrected chi connectivity index (χ1v) is 5.28. The van der Waals surface area contributed by atoms with Gasteiger partial charge in [-0.15, -0.1) is 0 Å². The highest BCUT2D eigenvalue weighted by atomic mass is 16.6. The van der Waals surface area contributed by atoms with Crippen LogP contribution in [0.4, 0.5) is 5.82 Å². The Hall–Kier alpha value is -1.63. The Kier molecular flexibility index (Phi) is 1.90. The van der Waals surface area contributed by atoms with Crippen LogP contribution in [0.1, 0.15) is 13.3 Å². The van der Waals surface area contributed by atoms with Crippen molar-refractivity contribution in [2.24, 2.45) is 0 Å². The summed E-state index contributed by atoms with van der Waals surface area (Å²) in [5.74, 6) is -0.150. The predicted octanol–water partition coefficient (Wildman–Crippen LogP) is 0.303. The average molecular weight is 224 g/mol. The Morgan fingerprint density at radius 2 is 2.56 bits per heavy atom. The lowest BCUT2D eigenvalue weighted by atomic mass is 10.1. The van der Waals surface area contributed by atoms with Crippen molar-refractivity contribution in [3.63, 3.8) is 0 Å². The molecule has 0 spiro atoms. The maximum absolute atomic E-state index is 10.6. The van der Waals surface area contributed by atoms with Crippen molar-refractivity contribution in [3.05, 3.63) is 16.3 Å². The van der Waals surface area contributed by atoms with Gasteiger partial charge in [-0.3, -0.25) is 4.57 Å². The second-order valence-corrected chi connectivity index (χ2v) is 4.36. The van der Waals surface area contributed by atoms with Crippen LogP contribution in [-0.2, 0) is 6.54 Å². The predicted molar refractivity (Wildman–Crippen MR) is 54.3 cm³/mol. The summed E-state index contributed by atoms with van der Waals surface area (Å²) >= 11 is 0. The minimum atomic E-state index is -0.499. The Morgan fingerprint density at radius 3 is 3.31 bits per heavy atom. The van der Waals surface area contributed by atoms with E-state index in [2.05, 4.69) is 17.2 Å². The summed E-state index contributed by atoms with van der Waals surface area (Å²) in [6, 6.07) is 1.02. The van der Waals surface area contributed by atoms with Crippen LogP contribution in [0.5, 0.6) is 6.01 Å². The van der Waals surface area contributed by atoms with Gasteiger partial charge in [0.2, 0.25) is 0 Å². The zero-order valence-corrected chi connectivity index (χ0v) is 8.79. The summed E-state index contributed by atoms with van der Waals surface area (Å²) < 4.78 is 7.34. The van der Waals surface area contributed by atoms with Gasteiger partial charge in [0.1, 0.15) is 12.3 Å². The molecule has 1 aromatic heterocycles. The second-order valence-electron chi connectivity index (χ2n) is 4.36. The minimum Gasteiger partial charge on any atom is -0.441 e. The number of nitro groups is 1. The lowest BCUT2D eigenvalue weighted by molar-refractivity contribution is -0.389. The number of aromatic nitrogens is 2. The molecule has 1 fully saturated rings. The molecule has 7 nitrogen and oxygen atoms in total. The molecule has 1 saturated heterocycles. The molecule has 2 aliphatic heterocycles. The fourth-order valence-electron chi connectivity index (χ4n) is 2.40. The van der Waals surface area contributed by atoms with Crippen molar-refractivity contribution < 1.29 is 9.66 Å². The summed E-state index contributed by atoms with van der Waals surface area (Å²) in [6.45, 7) is 2.79. The molecular formula is C9H12N4O3. The Bertz CT molecular complexity index is 412. The smallest absolute Gasteiger partial charge is 0.414 e. The number of hydrogen-bond donors (Lipinski definition) is 1. The molecule has 0 amide bonds. The van der Waals surface area contributed by atoms with Crippen molar-refractivity contribution in [2.75, 3.05) is 0 Å². The quantitative estimate of drug-likeness (QED) is 0.548. The van der Waals surface area contributed by atoms with Gasteiger partial charge in [-0.2, -0.15) is 0 Å². The van der Waals surface area contributed by atoms with Gasteiger partial charge < -0.3 is 20.2 Å². The van der Waals surface area contributed by atoms with Crippen molar-refractivity contribution in [3.8, 4) is 6.01 Å². The van der Waals surface area contributed by atoms with E-state index in [1.165, 1.54) is 6.20 Å². The summed E-state index contributed by atoms with van der Waals surface area (Å²) in [5, 5.41) is 14.0. The van der Waals surface area contributed by atoms with Crippen LogP contribution in [0, 0.1) is 10.1 Å². The molecule has 7 heteroatoms. The summed E-state index contributed by atoms with van der Waals surface area (Å²) in [7, 11) is 0. The van der Waals surface area contributed by atoms with Crippen molar-refractivity contribution >= 4 is 5.82 Å².